The lowest BCUT2D eigenvalue weighted by molar-refractivity contribution is 0.174. The fourth-order valence-electron chi connectivity index (χ4n) is 2.51. The Morgan fingerprint density at radius 3 is 2.59 bits per heavy atom. The Kier molecular flexibility index (Phi) is 4.26. The average Bonchev–Trinajstić information content (AvgIpc) is 3.12. The predicted octanol–water partition coefficient (Wildman–Crippen LogP) is 2.34. The maximum Gasteiger partial charge on any atom is 0.238 e. The number of ether oxygens (including phenoxy) is 2. The Bertz CT molecular complexity index is 1090. The first-order chi connectivity index (χ1) is 13.0. The third-order valence-electron chi connectivity index (χ3n) is 3.75. The summed E-state index contributed by atoms with van der Waals surface area (Å²) in [4.78, 5) is 8.58. The highest BCUT2D eigenvalue weighted by atomic mass is 32.2. The van der Waals surface area contributed by atoms with Crippen LogP contribution in [0.15, 0.2) is 59.6 Å². The van der Waals surface area contributed by atoms with Crippen molar-refractivity contribution < 1.29 is 17.9 Å². The van der Waals surface area contributed by atoms with Crippen LogP contribution in [0.3, 0.4) is 0 Å². The highest BCUT2D eigenvalue weighted by Gasteiger charge is 2.17. The SMILES string of the molecule is NS(=O)(=O)c1ccc(Nc2nccc(Nc3cccc4c3OCO4)n2)cc1. The largest absolute Gasteiger partial charge is 0.454 e. The highest BCUT2D eigenvalue weighted by molar-refractivity contribution is 7.89. The summed E-state index contributed by atoms with van der Waals surface area (Å²) in [5.74, 6) is 2.19. The van der Waals surface area contributed by atoms with Gasteiger partial charge in [-0.3, -0.25) is 0 Å². The van der Waals surface area contributed by atoms with Crippen LogP contribution in [0.25, 0.3) is 0 Å². The maximum atomic E-state index is 11.3. The number of primary sulfonamides is 1. The Morgan fingerprint density at radius 2 is 1.81 bits per heavy atom. The summed E-state index contributed by atoms with van der Waals surface area (Å²) in [7, 11) is -3.73. The second kappa shape index (κ2) is 6.74. The van der Waals surface area contributed by atoms with Gasteiger partial charge in [-0.1, -0.05) is 6.07 Å². The number of nitrogens with one attached hydrogen (secondary N) is 2. The van der Waals surface area contributed by atoms with E-state index in [1.165, 1.54) is 12.1 Å². The van der Waals surface area contributed by atoms with Crippen LogP contribution in [0.1, 0.15) is 0 Å². The van der Waals surface area contributed by atoms with Gasteiger partial charge in [0.05, 0.1) is 10.6 Å². The highest BCUT2D eigenvalue weighted by Crippen LogP contribution is 2.39. The number of nitrogens with two attached hydrogens (primary N) is 1. The van der Waals surface area contributed by atoms with Gasteiger partial charge in [-0.15, -0.1) is 0 Å². The molecule has 3 aromatic rings. The molecule has 0 radical (unpaired) electrons. The summed E-state index contributed by atoms with van der Waals surface area (Å²) < 4.78 is 33.4. The van der Waals surface area contributed by atoms with Crippen LogP contribution >= 0.6 is 0 Å². The molecule has 27 heavy (non-hydrogen) atoms. The monoisotopic (exact) mass is 385 g/mol. The van der Waals surface area contributed by atoms with Gasteiger partial charge in [-0.25, -0.2) is 18.5 Å². The number of anilines is 4. The summed E-state index contributed by atoms with van der Waals surface area (Å²) in [6, 6.07) is 13.2. The first kappa shape index (κ1) is 17.1. The number of aromatic nitrogens is 2. The minimum Gasteiger partial charge on any atom is -0.454 e. The van der Waals surface area contributed by atoms with E-state index in [-0.39, 0.29) is 11.7 Å². The van der Waals surface area contributed by atoms with E-state index in [2.05, 4.69) is 20.6 Å². The van der Waals surface area contributed by atoms with E-state index >= 15 is 0 Å². The van der Waals surface area contributed by atoms with Gasteiger partial charge in [0.25, 0.3) is 0 Å². The van der Waals surface area contributed by atoms with Gasteiger partial charge in [0.1, 0.15) is 5.82 Å². The molecule has 4 rings (SSSR count). The van der Waals surface area contributed by atoms with E-state index in [1.807, 2.05) is 18.2 Å². The molecule has 4 N–H and O–H groups in total. The molecule has 10 heteroatoms. The number of benzene rings is 2. The van der Waals surface area contributed by atoms with Crippen molar-refractivity contribution in [2.45, 2.75) is 4.90 Å². The fraction of sp³-hybridized carbons (Fsp3) is 0.0588. The lowest BCUT2D eigenvalue weighted by atomic mass is 10.2. The molecule has 0 atom stereocenters. The average molecular weight is 385 g/mol. The van der Waals surface area contributed by atoms with Gasteiger partial charge in [0, 0.05) is 11.9 Å². The lowest BCUT2D eigenvalue weighted by Crippen LogP contribution is -2.11. The molecule has 0 bridgehead atoms. The minimum atomic E-state index is -3.73. The van der Waals surface area contributed by atoms with Crippen LogP contribution in [0, 0.1) is 0 Å². The molecule has 0 spiro atoms. The molecular weight excluding hydrogens is 370 g/mol. The number of hydrogen-bond acceptors (Lipinski definition) is 8. The Hall–Kier alpha value is -3.37. The molecule has 0 unspecified atom stereocenters. The van der Waals surface area contributed by atoms with Gasteiger partial charge in [0.15, 0.2) is 11.5 Å². The number of fused-ring (bicyclic) bond motifs is 1. The van der Waals surface area contributed by atoms with Gasteiger partial charge in [-0.05, 0) is 42.5 Å². The third kappa shape index (κ3) is 3.76. The quantitative estimate of drug-likeness (QED) is 0.610. The second-order valence-electron chi connectivity index (χ2n) is 5.62. The first-order valence-electron chi connectivity index (χ1n) is 7.88. The van der Waals surface area contributed by atoms with Crippen LogP contribution < -0.4 is 25.2 Å². The molecule has 0 fully saturated rings. The van der Waals surface area contributed by atoms with Crippen LogP contribution in [0.5, 0.6) is 11.5 Å². The molecule has 1 aromatic heterocycles. The second-order valence-corrected chi connectivity index (χ2v) is 7.19. The van der Waals surface area contributed by atoms with E-state index in [9.17, 15) is 8.42 Å². The van der Waals surface area contributed by atoms with E-state index in [1.54, 1.807) is 24.4 Å². The minimum absolute atomic E-state index is 0.0320. The number of sulfonamides is 1. The van der Waals surface area contributed by atoms with Gasteiger partial charge in [-0.2, -0.15) is 4.98 Å². The third-order valence-corrected chi connectivity index (χ3v) is 4.68. The zero-order valence-electron chi connectivity index (χ0n) is 13.9. The predicted molar refractivity (Wildman–Crippen MR) is 99.0 cm³/mol. The number of rotatable bonds is 5. The van der Waals surface area contributed by atoms with Crippen molar-refractivity contribution in [2.24, 2.45) is 5.14 Å². The van der Waals surface area contributed by atoms with Crippen LogP contribution in [0.2, 0.25) is 0 Å². The smallest absolute Gasteiger partial charge is 0.238 e. The maximum absolute atomic E-state index is 11.3. The molecule has 2 aromatic carbocycles. The lowest BCUT2D eigenvalue weighted by Gasteiger charge is -2.10. The molecule has 0 amide bonds. The van der Waals surface area contributed by atoms with Crippen molar-refractivity contribution in [3.63, 3.8) is 0 Å². The molecule has 0 saturated carbocycles. The Labute approximate surface area is 155 Å². The summed E-state index contributed by atoms with van der Waals surface area (Å²) in [6.45, 7) is 0.180. The van der Waals surface area contributed by atoms with Gasteiger partial charge in [0.2, 0.25) is 22.8 Å². The number of nitrogens with zero attached hydrogens (tertiary/aromatic N) is 2. The molecule has 1 aliphatic heterocycles. The van der Waals surface area contributed by atoms with Crippen LogP contribution in [0.4, 0.5) is 23.1 Å². The van der Waals surface area contributed by atoms with Crippen LogP contribution in [-0.4, -0.2) is 25.2 Å². The van der Waals surface area contributed by atoms with E-state index in [0.717, 1.165) is 5.69 Å². The Morgan fingerprint density at radius 1 is 1.00 bits per heavy atom. The van der Waals surface area contributed by atoms with Gasteiger partial charge >= 0.3 is 0 Å². The van der Waals surface area contributed by atoms with E-state index in [0.29, 0.717) is 29.0 Å². The van der Waals surface area contributed by atoms with Crippen LogP contribution in [-0.2, 0) is 10.0 Å². The van der Waals surface area contributed by atoms with E-state index in [4.69, 9.17) is 14.6 Å². The molecule has 0 saturated heterocycles. The number of hydrogen-bond donors (Lipinski definition) is 3. The van der Waals surface area contributed by atoms with Crippen molar-refractivity contribution in [3.05, 3.63) is 54.7 Å². The normalized spacial score (nSPS) is 12.6. The summed E-state index contributed by atoms with van der Waals surface area (Å²) >= 11 is 0. The summed E-state index contributed by atoms with van der Waals surface area (Å²) in [5, 5.41) is 11.3. The fourth-order valence-corrected chi connectivity index (χ4v) is 3.03. The summed E-state index contributed by atoms with van der Waals surface area (Å²) in [5.41, 5.74) is 1.35. The molecular formula is C17H15N5O4S. The summed E-state index contributed by atoms with van der Waals surface area (Å²) in [6.07, 6.45) is 1.59. The van der Waals surface area contributed by atoms with Crippen molar-refractivity contribution in [1.29, 1.82) is 0 Å². The van der Waals surface area contributed by atoms with Gasteiger partial charge < -0.3 is 20.1 Å². The zero-order chi connectivity index (χ0) is 18.9. The molecule has 1 aliphatic rings. The topological polar surface area (TPSA) is 128 Å². The first-order valence-corrected chi connectivity index (χ1v) is 9.42. The standard InChI is InChI=1S/C17H15N5O4S/c18-27(23,24)12-6-4-11(5-7-12)20-17-19-9-8-15(22-17)21-13-2-1-3-14-16(13)26-10-25-14/h1-9H,10H2,(H2,18,23,24)(H2,19,20,21,22). The van der Waals surface area contributed by atoms with Crippen molar-refractivity contribution >= 4 is 33.2 Å². The van der Waals surface area contributed by atoms with Crippen molar-refractivity contribution in [2.75, 3.05) is 17.4 Å². The zero-order valence-corrected chi connectivity index (χ0v) is 14.7. The van der Waals surface area contributed by atoms with Crippen molar-refractivity contribution in [3.8, 4) is 11.5 Å². The molecule has 2 heterocycles. The number of para-hydroxylation sites is 1. The molecule has 138 valence electrons. The molecule has 9 nitrogen and oxygen atoms in total. The van der Waals surface area contributed by atoms with Crippen molar-refractivity contribution in [1.82, 2.24) is 9.97 Å². The van der Waals surface area contributed by atoms with E-state index < -0.39 is 10.0 Å². The Balaban J connectivity index is 1.52. The molecule has 0 aliphatic carbocycles.